The molecule has 0 amide bonds. The van der Waals surface area contributed by atoms with Crippen LogP contribution in [0.25, 0.3) is 0 Å². The zero-order chi connectivity index (χ0) is 11.8. The largest absolute Gasteiger partial charge is 0.395 e. The van der Waals surface area contributed by atoms with Crippen LogP contribution < -0.4 is 10.6 Å². The Bertz CT molecular complexity index is 341. The molecule has 1 aromatic heterocycles. The zero-order valence-corrected chi connectivity index (χ0v) is 13.3. The first-order valence-electron chi connectivity index (χ1n) is 5.44. The van der Waals surface area contributed by atoms with E-state index in [4.69, 9.17) is 5.11 Å². The van der Waals surface area contributed by atoms with E-state index < -0.39 is 0 Å². The predicted octanol–water partition coefficient (Wildman–Crippen LogP) is 1.72. The fourth-order valence-electron chi connectivity index (χ4n) is 1.23. The zero-order valence-electron chi connectivity index (χ0n) is 10.2. The van der Waals surface area contributed by atoms with Gasteiger partial charge in [0, 0.05) is 18.0 Å². The van der Waals surface area contributed by atoms with Gasteiger partial charge in [-0.05, 0) is 30.9 Å². The van der Waals surface area contributed by atoms with E-state index in [-0.39, 0.29) is 30.6 Å². The molecule has 0 aliphatic heterocycles. The maximum atomic E-state index is 8.74. The SMILES string of the molecule is CCNC(=NCc1sccc1C)NCCO.I. The second kappa shape index (κ2) is 9.67. The number of hydrogen-bond donors (Lipinski definition) is 3. The molecule has 1 heterocycles. The quantitative estimate of drug-likeness (QED) is 0.421. The van der Waals surface area contributed by atoms with Gasteiger partial charge in [-0.15, -0.1) is 35.3 Å². The molecule has 0 aromatic carbocycles. The summed E-state index contributed by atoms with van der Waals surface area (Å²) in [5.74, 6) is 0.754. The maximum Gasteiger partial charge on any atom is 0.191 e. The number of thiophene rings is 1. The minimum Gasteiger partial charge on any atom is -0.395 e. The van der Waals surface area contributed by atoms with Crippen LogP contribution in [0.4, 0.5) is 0 Å². The van der Waals surface area contributed by atoms with Crippen LogP contribution in [-0.2, 0) is 6.54 Å². The van der Waals surface area contributed by atoms with Crippen LogP contribution in [-0.4, -0.2) is 30.8 Å². The second-order valence-electron chi connectivity index (χ2n) is 3.37. The first-order chi connectivity index (χ1) is 7.77. The van der Waals surface area contributed by atoms with E-state index in [1.165, 1.54) is 10.4 Å². The van der Waals surface area contributed by atoms with Crippen LogP contribution in [0.2, 0.25) is 0 Å². The summed E-state index contributed by atoms with van der Waals surface area (Å²) in [4.78, 5) is 5.73. The van der Waals surface area contributed by atoms with Gasteiger partial charge in [0.1, 0.15) is 0 Å². The molecular formula is C11H20IN3OS. The van der Waals surface area contributed by atoms with E-state index in [0.717, 1.165) is 12.5 Å². The minimum atomic E-state index is 0. The number of nitrogens with one attached hydrogen (secondary N) is 2. The average Bonchev–Trinajstić information content (AvgIpc) is 2.68. The fraction of sp³-hybridized carbons (Fsp3) is 0.545. The van der Waals surface area contributed by atoms with Crippen molar-refractivity contribution in [2.75, 3.05) is 19.7 Å². The van der Waals surface area contributed by atoms with Crippen LogP contribution in [0.5, 0.6) is 0 Å². The Hall–Kier alpha value is -0.340. The lowest BCUT2D eigenvalue weighted by Gasteiger charge is -2.09. The summed E-state index contributed by atoms with van der Waals surface area (Å²) in [6, 6.07) is 2.10. The van der Waals surface area contributed by atoms with Crippen LogP contribution in [0, 0.1) is 6.92 Å². The lowest BCUT2D eigenvalue weighted by atomic mass is 10.3. The molecule has 17 heavy (non-hydrogen) atoms. The van der Waals surface area contributed by atoms with Gasteiger partial charge in [-0.1, -0.05) is 0 Å². The Morgan fingerprint density at radius 1 is 1.47 bits per heavy atom. The highest BCUT2D eigenvalue weighted by atomic mass is 127. The third kappa shape index (κ3) is 6.23. The normalized spacial score (nSPS) is 10.9. The van der Waals surface area contributed by atoms with Crippen molar-refractivity contribution in [1.82, 2.24) is 10.6 Å². The molecule has 1 rings (SSSR count). The molecule has 0 unspecified atom stereocenters. The van der Waals surface area contributed by atoms with E-state index in [0.29, 0.717) is 13.1 Å². The standard InChI is InChI=1S/C11H19N3OS.HI/c1-3-12-11(13-5-6-15)14-8-10-9(2)4-7-16-10;/h4,7,15H,3,5-6,8H2,1-2H3,(H2,12,13,14);1H. The number of hydrogen-bond acceptors (Lipinski definition) is 3. The van der Waals surface area contributed by atoms with Crippen LogP contribution in [0.15, 0.2) is 16.4 Å². The smallest absolute Gasteiger partial charge is 0.191 e. The highest BCUT2D eigenvalue weighted by Crippen LogP contribution is 2.16. The van der Waals surface area contributed by atoms with Crippen molar-refractivity contribution in [2.45, 2.75) is 20.4 Å². The molecule has 4 nitrogen and oxygen atoms in total. The van der Waals surface area contributed by atoms with Crippen molar-refractivity contribution in [2.24, 2.45) is 4.99 Å². The number of aliphatic hydroxyl groups is 1. The summed E-state index contributed by atoms with van der Waals surface area (Å²) >= 11 is 1.72. The first kappa shape index (κ1) is 16.7. The van der Waals surface area contributed by atoms with E-state index in [1.807, 2.05) is 6.92 Å². The van der Waals surface area contributed by atoms with Gasteiger partial charge in [0.2, 0.25) is 0 Å². The van der Waals surface area contributed by atoms with Gasteiger partial charge >= 0.3 is 0 Å². The predicted molar refractivity (Wildman–Crippen MR) is 84.4 cm³/mol. The molecule has 0 atom stereocenters. The molecule has 0 bridgehead atoms. The average molecular weight is 369 g/mol. The van der Waals surface area contributed by atoms with Crippen molar-refractivity contribution in [3.63, 3.8) is 0 Å². The lowest BCUT2D eigenvalue weighted by molar-refractivity contribution is 0.300. The van der Waals surface area contributed by atoms with Gasteiger partial charge in [0.05, 0.1) is 13.2 Å². The van der Waals surface area contributed by atoms with Crippen molar-refractivity contribution < 1.29 is 5.11 Å². The molecule has 0 fully saturated rings. The molecule has 98 valence electrons. The van der Waals surface area contributed by atoms with Gasteiger partial charge in [-0.2, -0.15) is 0 Å². The lowest BCUT2D eigenvalue weighted by Crippen LogP contribution is -2.38. The number of aliphatic imine (C=N–C) groups is 1. The highest BCUT2D eigenvalue weighted by Gasteiger charge is 2.00. The van der Waals surface area contributed by atoms with Gasteiger partial charge in [-0.25, -0.2) is 4.99 Å². The number of halogens is 1. The fourth-order valence-corrected chi connectivity index (χ4v) is 2.06. The minimum absolute atomic E-state index is 0. The van der Waals surface area contributed by atoms with E-state index >= 15 is 0 Å². The Morgan fingerprint density at radius 3 is 2.76 bits per heavy atom. The van der Waals surface area contributed by atoms with Crippen LogP contribution in [0.1, 0.15) is 17.4 Å². The Balaban J connectivity index is 0.00000256. The highest BCUT2D eigenvalue weighted by molar-refractivity contribution is 14.0. The van der Waals surface area contributed by atoms with Crippen LogP contribution >= 0.6 is 35.3 Å². The summed E-state index contributed by atoms with van der Waals surface area (Å²) in [7, 11) is 0. The first-order valence-corrected chi connectivity index (χ1v) is 6.32. The summed E-state index contributed by atoms with van der Waals surface area (Å²) in [5.41, 5.74) is 1.28. The Morgan fingerprint density at radius 2 is 2.24 bits per heavy atom. The van der Waals surface area contributed by atoms with E-state index in [2.05, 4.69) is 34.0 Å². The second-order valence-corrected chi connectivity index (χ2v) is 4.37. The molecule has 0 radical (unpaired) electrons. The molecule has 0 saturated heterocycles. The summed E-state index contributed by atoms with van der Waals surface area (Å²) < 4.78 is 0. The molecule has 0 aliphatic rings. The monoisotopic (exact) mass is 369 g/mol. The number of aryl methyl sites for hydroxylation is 1. The molecule has 1 aromatic rings. The Labute approximate surface area is 124 Å². The van der Waals surface area contributed by atoms with Crippen molar-refractivity contribution in [3.8, 4) is 0 Å². The summed E-state index contributed by atoms with van der Waals surface area (Å²) in [5, 5.41) is 17.0. The third-order valence-electron chi connectivity index (χ3n) is 2.10. The number of guanidine groups is 1. The van der Waals surface area contributed by atoms with E-state index in [1.54, 1.807) is 11.3 Å². The third-order valence-corrected chi connectivity index (χ3v) is 3.11. The van der Waals surface area contributed by atoms with Gasteiger partial charge in [0.15, 0.2) is 5.96 Å². The van der Waals surface area contributed by atoms with Gasteiger partial charge in [-0.3, -0.25) is 0 Å². The number of nitrogens with zero attached hydrogens (tertiary/aromatic N) is 1. The number of aliphatic hydroxyl groups excluding tert-OH is 1. The van der Waals surface area contributed by atoms with E-state index in [9.17, 15) is 0 Å². The van der Waals surface area contributed by atoms with Gasteiger partial charge < -0.3 is 15.7 Å². The topological polar surface area (TPSA) is 56.7 Å². The van der Waals surface area contributed by atoms with Crippen molar-refractivity contribution >= 4 is 41.3 Å². The van der Waals surface area contributed by atoms with Gasteiger partial charge in [0.25, 0.3) is 0 Å². The summed E-state index contributed by atoms with van der Waals surface area (Å²) in [6.45, 7) is 6.25. The molecule has 6 heteroatoms. The molecule has 0 saturated carbocycles. The molecule has 0 spiro atoms. The summed E-state index contributed by atoms with van der Waals surface area (Å²) in [6.07, 6.45) is 0. The van der Waals surface area contributed by atoms with Crippen molar-refractivity contribution in [3.05, 3.63) is 21.9 Å². The molecular weight excluding hydrogens is 349 g/mol. The Kier molecular flexibility index (Phi) is 9.47. The number of rotatable bonds is 5. The molecule has 3 N–H and O–H groups in total. The van der Waals surface area contributed by atoms with Crippen molar-refractivity contribution in [1.29, 1.82) is 0 Å². The van der Waals surface area contributed by atoms with Crippen LogP contribution in [0.3, 0.4) is 0 Å². The maximum absolute atomic E-state index is 8.74. The molecule has 0 aliphatic carbocycles.